The summed E-state index contributed by atoms with van der Waals surface area (Å²) < 4.78 is 5.17. The number of carbonyl (C=O) groups is 1. The smallest absolute Gasteiger partial charge is 0.276 e. The third-order valence-corrected chi connectivity index (χ3v) is 4.04. The van der Waals surface area contributed by atoms with Crippen LogP contribution >= 0.6 is 0 Å². The second kappa shape index (κ2) is 7.28. The van der Waals surface area contributed by atoms with Gasteiger partial charge in [-0.15, -0.1) is 0 Å². The molecule has 1 aromatic carbocycles. The predicted octanol–water partition coefficient (Wildman–Crippen LogP) is 2.39. The number of aromatic nitrogens is 6. The molecule has 0 aliphatic carbocycles. The molecule has 27 heavy (non-hydrogen) atoms. The van der Waals surface area contributed by atoms with Gasteiger partial charge in [0, 0.05) is 24.8 Å². The molecule has 8 nitrogen and oxygen atoms in total. The quantitative estimate of drug-likeness (QED) is 0.572. The van der Waals surface area contributed by atoms with Crippen molar-refractivity contribution in [2.75, 3.05) is 5.32 Å². The minimum Gasteiger partial charge on any atom is -0.318 e. The van der Waals surface area contributed by atoms with Gasteiger partial charge in [0.2, 0.25) is 0 Å². The number of carbonyl (C=O) groups excluding carboxylic acids is 1. The standard InChI is InChI=1S/C19H19N7O/c1-15-4-2-5-16(10-15)12-26-13-17(11-21-26)22-19(27)18-6-9-25(23-18)14-24-8-3-7-20-24/h2-11,13H,12,14H2,1H3,(H,22,27). The van der Waals surface area contributed by atoms with E-state index in [-0.39, 0.29) is 5.91 Å². The lowest BCUT2D eigenvalue weighted by molar-refractivity contribution is 0.102. The molecule has 3 heterocycles. The lowest BCUT2D eigenvalue weighted by Gasteiger charge is -2.03. The van der Waals surface area contributed by atoms with Crippen LogP contribution in [0.5, 0.6) is 0 Å². The van der Waals surface area contributed by atoms with Crippen LogP contribution in [0.2, 0.25) is 0 Å². The number of aryl methyl sites for hydroxylation is 1. The predicted molar refractivity (Wildman–Crippen MR) is 100 cm³/mol. The van der Waals surface area contributed by atoms with Crippen LogP contribution in [-0.2, 0) is 13.2 Å². The van der Waals surface area contributed by atoms with E-state index in [1.807, 2.05) is 18.3 Å². The maximum atomic E-state index is 12.4. The first-order valence-corrected chi connectivity index (χ1v) is 8.56. The summed E-state index contributed by atoms with van der Waals surface area (Å²) in [5.41, 5.74) is 3.34. The molecule has 0 unspecified atom stereocenters. The molecule has 3 aromatic heterocycles. The van der Waals surface area contributed by atoms with E-state index in [1.165, 1.54) is 5.56 Å². The van der Waals surface area contributed by atoms with Crippen molar-refractivity contribution < 1.29 is 4.79 Å². The van der Waals surface area contributed by atoms with Gasteiger partial charge in [0.25, 0.3) is 5.91 Å². The second-order valence-electron chi connectivity index (χ2n) is 6.30. The minimum absolute atomic E-state index is 0.274. The van der Waals surface area contributed by atoms with Gasteiger partial charge < -0.3 is 5.32 Å². The number of amides is 1. The molecule has 0 aliphatic heterocycles. The maximum Gasteiger partial charge on any atom is 0.276 e. The van der Waals surface area contributed by atoms with E-state index < -0.39 is 0 Å². The highest BCUT2D eigenvalue weighted by molar-refractivity contribution is 6.02. The van der Waals surface area contributed by atoms with Crippen LogP contribution in [-0.4, -0.2) is 35.2 Å². The van der Waals surface area contributed by atoms with E-state index in [0.29, 0.717) is 24.6 Å². The zero-order valence-corrected chi connectivity index (χ0v) is 14.9. The molecule has 1 amide bonds. The van der Waals surface area contributed by atoms with Crippen molar-refractivity contribution in [3.63, 3.8) is 0 Å². The Labute approximate surface area is 156 Å². The third kappa shape index (κ3) is 4.12. The Morgan fingerprint density at radius 2 is 2.00 bits per heavy atom. The van der Waals surface area contributed by atoms with E-state index in [2.05, 4.69) is 45.7 Å². The number of hydrogen-bond acceptors (Lipinski definition) is 4. The minimum atomic E-state index is -0.274. The largest absolute Gasteiger partial charge is 0.318 e. The average molecular weight is 361 g/mol. The number of hydrogen-bond donors (Lipinski definition) is 1. The van der Waals surface area contributed by atoms with Gasteiger partial charge in [0.15, 0.2) is 5.69 Å². The fraction of sp³-hybridized carbons (Fsp3) is 0.158. The molecule has 0 saturated heterocycles. The summed E-state index contributed by atoms with van der Waals surface area (Å²) in [4.78, 5) is 12.4. The lowest BCUT2D eigenvalue weighted by Crippen LogP contribution is -2.14. The number of rotatable bonds is 6. The van der Waals surface area contributed by atoms with Crippen molar-refractivity contribution in [2.45, 2.75) is 20.1 Å². The molecule has 0 fully saturated rings. The summed E-state index contributed by atoms with van der Waals surface area (Å²) >= 11 is 0. The Morgan fingerprint density at radius 3 is 2.81 bits per heavy atom. The summed E-state index contributed by atoms with van der Waals surface area (Å²) in [6, 6.07) is 11.8. The van der Waals surface area contributed by atoms with E-state index in [0.717, 1.165) is 5.56 Å². The molecule has 0 saturated carbocycles. The highest BCUT2D eigenvalue weighted by atomic mass is 16.2. The fourth-order valence-corrected chi connectivity index (χ4v) is 2.80. The summed E-state index contributed by atoms with van der Waals surface area (Å²) in [6.07, 6.45) is 8.72. The average Bonchev–Trinajstić information content (AvgIpc) is 3.38. The van der Waals surface area contributed by atoms with Crippen molar-refractivity contribution in [2.24, 2.45) is 0 Å². The van der Waals surface area contributed by atoms with Crippen molar-refractivity contribution in [1.82, 2.24) is 29.3 Å². The van der Waals surface area contributed by atoms with Gasteiger partial charge in [-0.05, 0) is 24.6 Å². The highest BCUT2D eigenvalue weighted by Gasteiger charge is 2.11. The normalized spacial score (nSPS) is 10.9. The monoisotopic (exact) mass is 361 g/mol. The summed E-state index contributed by atoms with van der Waals surface area (Å²) in [6.45, 7) is 3.16. The Hall–Kier alpha value is -3.68. The fourth-order valence-electron chi connectivity index (χ4n) is 2.80. The van der Waals surface area contributed by atoms with Crippen LogP contribution in [0.15, 0.2) is 67.4 Å². The number of anilines is 1. The molecule has 1 N–H and O–H groups in total. The second-order valence-corrected chi connectivity index (χ2v) is 6.30. The van der Waals surface area contributed by atoms with Crippen LogP contribution < -0.4 is 5.32 Å². The summed E-state index contributed by atoms with van der Waals surface area (Å²) in [5, 5.41) is 15.5. The molecular formula is C19H19N7O. The Kier molecular flexibility index (Phi) is 4.52. The van der Waals surface area contributed by atoms with E-state index >= 15 is 0 Å². The Bertz CT molecular complexity index is 1050. The molecule has 8 heteroatoms. The molecule has 0 aliphatic rings. The Balaban J connectivity index is 1.38. The SMILES string of the molecule is Cc1cccc(Cn2cc(NC(=O)c3ccn(Cn4cccn4)n3)cn2)c1. The van der Waals surface area contributed by atoms with Gasteiger partial charge in [0.1, 0.15) is 6.67 Å². The van der Waals surface area contributed by atoms with Gasteiger partial charge in [-0.3, -0.25) is 18.8 Å². The van der Waals surface area contributed by atoms with Gasteiger partial charge in [-0.25, -0.2) is 0 Å². The van der Waals surface area contributed by atoms with Crippen molar-refractivity contribution in [3.8, 4) is 0 Å². The van der Waals surface area contributed by atoms with E-state index in [9.17, 15) is 4.79 Å². The van der Waals surface area contributed by atoms with Crippen LogP contribution in [0.4, 0.5) is 5.69 Å². The summed E-state index contributed by atoms with van der Waals surface area (Å²) in [5.74, 6) is -0.274. The molecular weight excluding hydrogens is 342 g/mol. The molecule has 0 spiro atoms. The van der Waals surface area contributed by atoms with Gasteiger partial charge in [0.05, 0.1) is 18.4 Å². The Morgan fingerprint density at radius 1 is 1.07 bits per heavy atom. The number of benzene rings is 1. The number of nitrogens with one attached hydrogen (secondary N) is 1. The first-order valence-electron chi connectivity index (χ1n) is 8.56. The molecule has 0 radical (unpaired) electrons. The highest BCUT2D eigenvalue weighted by Crippen LogP contribution is 2.11. The van der Waals surface area contributed by atoms with E-state index in [4.69, 9.17) is 0 Å². The van der Waals surface area contributed by atoms with E-state index in [1.54, 1.807) is 44.9 Å². The van der Waals surface area contributed by atoms with Gasteiger partial charge in [-0.1, -0.05) is 29.8 Å². The van der Waals surface area contributed by atoms with Crippen molar-refractivity contribution in [1.29, 1.82) is 0 Å². The van der Waals surface area contributed by atoms with Crippen LogP contribution in [0.1, 0.15) is 21.6 Å². The molecule has 136 valence electrons. The zero-order chi connectivity index (χ0) is 18.6. The molecule has 4 aromatic rings. The van der Waals surface area contributed by atoms with Crippen molar-refractivity contribution in [3.05, 3.63) is 84.2 Å². The zero-order valence-electron chi connectivity index (χ0n) is 14.9. The first kappa shape index (κ1) is 16.8. The first-order chi connectivity index (χ1) is 13.2. The number of nitrogens with zero attached hydrogens (tertiary/aromatic N) is 6. The van der Waals surface area contributed by atoms with Gasteiger partial charge in [-0.2, -0.15) is 15.3 Å². The molecule has 0 bridgehead atoms. The third-order valence-electron chi connectivity index (χ3n) is 4.04. The van der Waals surface area contributed by atoms with Crippen LogP contribution in [0.25, 0.3) is 0 Å². The molecule has 4 rings (SSSR count). The topological polar surface area (TPSA) is 82.6 Å². The van der Waals surface area contributed by atoms with Crippen molar-refractivity contribution >= 4 is 11.6 Å². The summed E-state index contributed by atoms with van der Waals surface area (Å²) in [7, 11) is 0. The van der Waals surface area contributed by atoms with Crippen LogP contribution in [0.3, 0.4) is 0 Å². The van der Waals surface area contributed by atoms with Crippen LogP contribution in [0, 0.1) is 6.92 Å². The molecule has 0 atom stereocenters. The van der Waals surface area contributed by atoms with Gasteiger partial charge >= 0.3 is 0 Å². The lowest BCUT2D eigenvalue weighted by atomic mass is 10.1. The maximum absolute atomic E-state index is 12.4.